The molecule has 0 radical (unpaired) electrons. The van der Waals surface area contributed by atoms with Crippen molar-refractivity contribution >= 4 is 46.1 Å². The van der Waals surface area contributed by atoms with Gasteiger partial charge in [0.25, 0.3) is 0 Å². The first kappa shape index (κ1) is 23.7. The van der Waals surface area contributed by atoms with Crippen LogP contribution in [0.2, 0.25) is 0 Å². The fourth-order valence-electron chi connectivity index (χ4n) is 3.21. The van der Waals surface area contributed by atoms with E-state index in [1.165, 1.54) is 5.39 Å². The van der Waals surface area contributed by atoms with Crippen molar-refractivity contribution in [2.24, 2.45) is 0 Å². The number of hydrogen-bond acceptors (Lipinski definition) is 4. The third-order valence-corrected chi connectivity index (χ3v) is 7.40. The molecule has 0 saturated carbocycles. The summed E-state index contributed by atoms with van der Waals surface area (Å²) in [4.78, 5) is 0. The fourth-order valence-corrected chi connectivity index (χ4v) is 5.56. The zero-order valence-electron chi connectivity index (χ0n) is 18.3. The van der Waals surface area contributed by atoms with Gasteiger partial charge < -0.3 is 14.4 Å². The molecule has 0 unspecified atom stereocenters. The van der Waals surface area contributed by atoms with Crippen molar-refractivity contribution in [3.63, 3.8) is 0 Å². The molecule has 6 heteroatoms. The van der Waals surface area contributed by atoms with Crippen LogP contribution < -0.4 is 5.32 Å². The summed E-state index contributed by atoms with van der Waals surface area (Å²) >= 11 is 3.45. The van der Waals surface area contributed by atoms with Crippen LogP contribution >= 0.6 is 23.5 Å². The molecule has 0 spiro atoms. The van der Waals surface area contributed by atoms with E-state index >= 15 is 0 Å². The smallest absolute Gasteiger partial charge is 0.357 e. The SMILES string of the molecule is CC(C)OP(=O)(OC(C)C)[C@H](/C=C/c1ccc2ccccc2c1)Nc1ccc(Br)cc1. The van der Waals surface area contributed by atoms with E-state index in [2.05, 4.69) is 45.5 Å². The van der Waals surface area contributed by atoms with E-state index in [-0.39, 0.29) is 12.2 Å². The molecule has 0 bridgehead atoms. The van der Waals surface area contributed by atoms with E-state index in [0.29, 0.717) is 0 Å². The molecule has 1 N–H and O–H groups in total. The minimum absolute atomic E-state index is 0.243. The minimum Gasteiger partial charge on any atom is -0.368 e. The second kappa shape index (κ2) is 10.6. The van der Waals surface area contributed by atoms with Crippen molar-refractivity contribution in [1.29, 1.82) is 0 Å². The molecule has 3 aromatic rings. The van der Waals surface area contributed by atoms with Crippen molar-refractivity contribution in [3.8, 4) is 0 Å². The first-order valence-electron chi connectivity index (χ1n) is 10.4. The van der Waals surface area contributed by atoms with Gasteiger partial charge in [-0.15, -0.1) is 0 Å². The van der Waals surface area contributed by atoms with Gasteiger partial charge >= 0.3 is 7.60 Å². The molecule has 0 fully saturated rings. The summed E-state index contributed by atoms with van der Waals surface area (Å²) in [6, 6.07) is 22.2. The predicted molar refractivity (Wildman–Crippen MR) is 135 cm³/mol. The van der Waals surface area contributed by atoms with Crippen molar-refractivity contribution < 1.29 is 13.6 Å². The summed E-state index contributed by atoms with van der Waals surface area (Å²) in [5.74, 6) is -0.648. The molecule has 0 aliphatic rings. The third-order valence-electron chi connectivity index (χ3n) is 4.46. The highest BCUT2D eigenvalue weighted by atomic mass is 79.9. The molecule has 1 atom stereocenters. The van der Waals surface area contributed by atoms with Gasteiger partial charge in [-0.1, -0.05) is 58.4 Å². The molecular weight excluding hydrogens is 473 g/mol. The lowest BCUT2D eigenvalue weighted by Crippen LogP contribution is -2.23. The Kier molecular flexibility index (Phi) is 8.12. The quantitative estimate of drug-likeness (QED) is 0.301. The van der Waals surface area contributed by atoms with E-state index in [9.17, 15) is 4.57 Å². The number of fused-ring (bicyclic) bond motifs is 1. The standard InChI is InChI=1S/C25H29BrNO3P/c1-18(2)29-31(28,30-19(3)4)25(27-24-14-12-23(26)13-15-24)16-10-20-9-11-21-7-5-6-8-22(21)17-20/h5-19,25,27H,1-4H3/b16-10+/t25-/m1/s1. The van der Waals surface area contributed by atoms with E-state index < -0.39 is 13.4 Å². The summed E-state index contributed by atoms with van der Waals surface area (Å²) in [6.45, 7) is 7.44. The number of nitrogens with one attached hydrogen (secondary N) is 1. The maximum atomic E-state index is 13.9. The van der Waals surface area contributed by atoms with Gasteiger partial charge in [0.05, 0.1) is 12.2 Å². The van der Waals surface area contributed by atoms with Crippen molar-refractivity contribution in [2.75, 3.05) is 5.32 Å². The van der Waals surface area contributed by atoms with Crippen LogP contribution in [0.1, 0.15) is 33.3 Å². The van der Waals surface area contributed by atoms with Gasteiger partial charge in [0, 0.05) is 10.2 Å². The summed E-state index contributed by atoms with van der Waals surface area (Å²) in [5.41, 5.74) is 1.85. The molecule has 0 aromatic heterocycles. The molecule has 0 aliphatic heterocycles. The highest BCUT2D eigenvalue weighted by Gasteiger charge is 2.36. The molecule has 3 rings (SSSR count). The zero-order chi connectivity index (χ0) is 22.4. The van der Waals surface area contributed by atoms with Gasteiger partial charge in [-0.05, 0) is 80.4 Å². The summed E-state index contributed by atoms with van der Waals surface area (Å²) in [7, 11) is -3.51. The number of rotatable bonds is 9. The zero-order valence-corrected chi connectivity index (χ0v) is 20.8. The van der Waals surface area contributed by atoms with Gasteiger partial charge in [-0.25, -0.2) is 0 Å². The fraction of sp³-hybridized carbons (Fsp3) is 0.280. The Morgan fingerprint density at radius 1 is 0.871 bits per heavy atom. The van der Waals surface area contributed by atoms with E-state index in [1.54, 1.807) is 0 Å². The van der Waals surface area contributed by atoms with Crippen LogP contribution in [0.4, 0.5) is 5.69 Å². The topological polar surface area (TPSA) is 47.6 Å². The van der Waals surface area contributed by atoms with Crippen LogP contribution in [-0.2, 0) is 13.6 Å². The second-order valence-electron chi connectivity index (χ2n) is 7.91. The Morgan fingerprint density at radius 3 is 2.10 bits per heavy atom. The Hall–Kier alpha value is -1.91. The highest BCUT2D eigenvalue weighted by molar-refractivity contribution is 9.10. The van der Waals surface area contributed by atoms with Crippen LogP contribution in [-0.4, -0.2) is 18.0 Å². The van der Waals surface area contributed by atoms with Crippen LogP contribution in [0, 0.1) is 0 Å². The number of anilines is 1. The first-order chi connectivity index (χ1) is 14.7. The van der Waals surface area contributed by atoms with Crippen molar-refractivity contribution in [2.45, 2.75) is 45.7 Å². The summed E-state index contributed by atoms with van der Waals surface area (Å²) in [5, 5.41) is 5.68. The number of hydrogen-bond donors (Lipinski definition) is 1. The summed E-state index contributed by atoms with van der Waals surface area (Å²) < 4.78 is 26.6. The van der Waals surface area contributed by atoms with Gasteiger partial charge in [-0.3, -0.25) is 4.57 Å². The molecule has 0 heterocycles. The lowest BCUT2D eigenvalue weighted by molar-refractivity contribution is 0.140. The van der Waals surface area contributed by atoms with Crippen molar-refractivity contribution in [1.82, 2.24) is 0 Å². The molecule has 0 saturated heterocycles. The molecule has 3 aromatic carbocycles. The lowest BCUT2D eigenvalue weighted by Gasteiger charge is -2.29. The number of halogens is 1. The maximum Gasteiger partial charge on any atom is 0.357 e. The monoisotopic (exact) mass is 501 g/mol. The Balaban J connectivity index is 1.96. The highest BCUT2D eigenvalue weighted by Crippen LogP contribution is 2.55. The van der Waals surface area contributed by atoms with Crippen LogP contribution in [0.15, 0.2) is 77.3 Å². The Labute approximate surface area is 193 Å². The van der Waals surface area contributed by atoms with Gasteiger partial charge in [0.2, 0.25) is 0 Å². The van der Waals surface area contributed by atoms with Crippen LogP contribution in [0.5, 0.6) is 0 Å². The molecule has 164 valence electrons. The maximum absolute atomic E-state index is 13.9. The molecule has 31 heavy (non-hydrogen) atoms. The predicted octanol–water partition coefficient (Wildman–Crippen LogP) is 8.10. The van der Waals surface area contributed by atoms with Crippen molar-refractivity contribution in [3.05, 3.63) is 82.8 Å². The average Bonchev–Trinajstić information content (AvgIpc) is 2.71. The average molecular weight is 502 g/mol. The molecule has 4 nitrogen and oxygen atoms in total. The lowest BCUT2D eigenvalue weighted by atomic mass is 10.1. The normalized spacial score (nSPS) is 13.4. The molecular formula is C25H29BrNO3P. The van der Waals surface area contributed by atoms with E-state index in [1.807, 2.05) is 82.3 Å². The van der Waals surface area contributed by atoms with E-state index in [4.69, 9.17) is 9.05 Å². The van der Waals surface area contributed by atoms with Gasteiger partial charge in [-0.2, -0.15) is 0 Å². The Morgan fingerprint density at radius 2 is 1.48 bits per heavy atom. The molecule has 0 aliphatic carbocycles. The van der Waals surface area contributed by atoms with E-state index in [0.717, 1.165) is 21.1 Å². The summed E-state index contributed by atoms with van der Waals surface area (Å²) in [6.07, 6.45) is 3.35. The van der Waals surface area contributed by atoms with Gasteiger partial charge in [0.1, 0.15) is 5.78 Å². The minimum atomic E-state index is -3.51. The third kappa shape index (κ3) is 6.78. The van der Waals surface area contributed by atoms with Gasteiger partial charge in [0.15, 0.2) is 0 Å². The molecule has 0 amide bonds. The number of benzene rings is 3. The van der Waals surface area contributed by atoms with Crippen LogP contribution in [0.3, 0.4) is 0 Å². The largest absolute Gasteiger partial charge is 0.368 e. The Bertz CT molecular complexity index is 1070. The second-order valence-corrected chi connectivity index (χ2v) is 10.9. The van der Waals surface area contributed by atoms with Crippen LogP contribution in [0.25, 0.3) is 16.8 Å². The first-order valence-corrected chi connectivity index (χ1v) is 12.8.